The fourth-order valence-electron chi connectivity index (χ4n) is 3.66. The van der Waals surface area contributed by atoms with E-state index in [2.05, 4.69) is 4.72 Å². The van der Waals surface area contributed by atoms with Crippen LogP contribution >= 0.6 is 0 Å². The number of carbonyl (C=O) groups excluding carboxylic acids is 1. The van der Waals surface area contributed by atoms with Crippen molar-refractivity contribution in [3.8, 4) is 0 Å². The normalized spacial score (nSPS) is 13.8. The molecular formula is C24H24N2O3S. The first-order valence-electron chi connectivity index (χ1n) is 9.91. The summed E-state index contributed by atoms with van der Waals surface area (Å²) in [6.07, 6.45) is 1.01. The highest BCUT2D eigenvalue weighted by Gasteiger charge is 2.25. The average molecular weight is 421 g/mol. The van der Waals surface area contributed by atoms with Crippen LogP contribution < -0.4 is 9.62 Å². The van der Waals surface area contributed by atoms with E-state index >= 15 is 0 Å². The number of hydrogen-bond acceptors (Lipinski definition) is 3. The molecule has 1 heterocycles. The van der Waals surface area contributed by atoms with E-state index in [-0.39, 0.29) is 10.8 Å². The Morgan fingerprint density at radius 3 is 2.40 bits per heavy atom. The van der Waals surface area contributed by atoms with Crippen molar-refractivity contribution in [2.45, 2.75) is 38.1 Å². The fraction of sp³-hybridized carbons (Fsp3) is 0.208. The highest BCUT2D eigenvalue weighted by Crippen LogP contribution is 2.32. The van der Waals surface area contributed by atoms with Crippen molar-refractivity contribution in [3.05, 3.63) is 89.0 Å². The van der Waals surface area contributed by atoms with Crippen molar-refractivity contribution in [1.82, 2.24) is 0 Å². The lowest BCUT2D eigenvalue weighted by atomic mass is 10.00. The minimum atomic E-state index is -3.68. The van der Waals surface area contributed by atoms with Gasteiger partial charge in [0.1, 0.15) is 0 Å². The van der Waals surface area contributed by atoms with Crippen LogP contribution in [0.1, 0.15) is 28.7 Å². The molecule has 4 rings (SSSR count). The molecule has 154 valence electrons. The molecule has 5 nitrogen and oxygen atoms in total. The van der Waals surface area contributed by atoms with Gasteiger partial charge < -0.3 is 4.90 Å². The van der Waals surface area contributed by atoms with Gasteiger partial charge in [-0.3, -0.25) is 9.52 Å². The zero-order valence-electron chi connectivity index (χ0n) is 17.1. The molecule has 0 aliphatic carbocycles. The summed E-state index contributed by atoms with van der Waals surface area (Å²) < 4.78 is 28.3. The second-order valence-electron chi connectivity index (χ2n) is 7.66. The maximum Gasteiger partial charge on any atom is 0.261 e. The second-order valence-corrected chi connectivity index (χ2v) is 9.34. The number of nitrogens with zero attached hydrogens (tertiary/aromatic N) is 1. The lowest BCUT2D eigenvalue weighted by Crippen LogP contribution is -2.34. The Hall–Kier alpha value is -3.12. The van der Waals surface area contributed by atoms with Gasteiger partial charge in [0.25, 0.3) is 10.0 Å². The van der Waals surface area contributed by atoms with Crippen LogP contribution in [0.15, 0.2) is 71.6 Å². The maximum atomic E-state index is 12.8. The van der Waals surface area contributed by atoms with Crippen molar-refractivity contribution in [2.24, 2.45) is 0 Å². The number of sulfonamides is 1. The number of anilines is 2. The van der Waals surface area contributed by atoms with E-state index in [0.717, 1.165) is 27.9 Å². The van der Waals surface area contributed by atoms with Crippen molar-refractivity contribution < 1.29 is 13.2 Å². The third kappa shape index (κ3) is 4.09. The molecule has 3 aromatic carbocycles. The van der Waals surface area contributed by atoms with Gasteiger partial charge >= 0.3 is 0 Å². The Morgan fingerprint density at radius 2 is 1.67 bits per heavy atom. The number of fused-ring (bicyclic) bond motifs is 1. The zero-order valence-corrected chi connectivity index (χ0v) is 17.9. The van der Waals surface area contributed by atoms with E-state index < -0.39 is 10.0 Å². The molecule has 1 aliphatic heterocycles. The number of carbonyl (C=O) groups is 1. The summed E-state index contributed by atoms with van der Waals surface area (Å²) in [6, 6.07) is 20.3. The summed E-state index contributed by atoms with van der Waals surface area (Å²) in [5.41, 5.74) is 5.33. The molecule has 0 unspecified atom stereocenters. The molecular weight excluding hydrogens is 396 g/mol. The molecule has 0 saturated carbocycles. The molecule has 1 N–H and O–H groups in total. The molecule has 0 saturated heterocycles. The SMILES string of the molecule is Cc1ccc(S(=O)(=O)Nc2ccc3c(c2)CCC(=O)N3Cc2ccccc2)cc1C. The molecule has 0 atom stereocenters. The van der Waals surface area contributed by atoms with Crippen LogP contribution in [0.2, 0.25) is 0 Å². The van der Waals surface area contributed by atoms with Gasteiger partial charge in [0.05, 0.1) is 11.4 Å². The summed E-state index contributed by atoms with van der Waals surface area (Å²) >= 11 is 0. The van der Waals surface area contributed by atoms with Gasteiger partial charge in [-0.2, -0.15) is 0 Å². The summed E-state index contributed by atoms with van der Waals surface area (Å²) in [5.74, 6) is 0.0785. The molecule has 0 bridgehead atoms. The number of rotatable bonds is 5. The monoisotopic (exact) mass is 420 g/mol. The lowest BCUT2D eigenvalue weighted by molar-refractivity contribution is -0.119. The summed E-state index contributed by atoms with van der Waals surface area (Å²) in [7, 11) is -3.68. The molecule has 0 radical (unpaired) electrons. The molecule has 1 amide bonds. The smallest absolute Gasteiger partial charge is 0.261 e. The highest BCUT2D eigenvalue weighted by atomic mass is 32.2. The first-order valence-corrected chi connectivity index (χ1v) is 11.4. The average Bonchev–Trinajstić information content (AvgIpc) is 2.72. The minimum Gasteiger partial charge on any atom is -0.308 e. The molecule has 3 aromatic rings. The summed E-state index contributed by atoms with van der Waals surface area (Å²) in [4.78, 5) is 14.5. The fourth-order valence-corrected chi connectivity index (χ4v) is 4.79. The number of hydrogen-bond donors (Lipinski definition) is 1. The number of nitrogens with one attached hydrogen (secondary N) is 1. The molecule has 0 spiro atoms. The van der Waals surface area contributed by atoms with Crippen LogP contribution in [0.25, 0.3) is 0 Å². The van der Waals surface area contributed by atoms with Crippen LogP contribution in [0.4, 0.5) is 11.4 Å². The second kappa shape index (κ2) is 7.95. The van der Waals surface area contributed by atoms with Gasteiger partial charge in [0.2, 0.25) is 5.91 Å². The predicted octanol–water partition coefficient (Wildman–Crippen LogP) is 4.58. The topological polar surface area (TPSA) is 66.5 Å². The van der Waals surface area contributed by atoms with Crippen LogP contribution in [0, 0.1) is 13.8 Å². The lowest BCUT2D eigenvalue weighted by Gasteiger charge is -2.30. The van der Waals surface area contributed by atoms with E-state index in [4.69, 9.17) is 0 Å². The Balaban J connectivity index is 1.60. The quantitative estimate of drug-likeness (QED) is 0.657. The largest absolute Gasteiger partial charge is 0.308 e. The van der Waals surface area contributed by atoms with E-state index in [1.54, 1.807) is 23.1 Å². The van der Waals surface area contributed by atoms with E-state index in [9.17, 15) is 13.2 Å². The van der Waals surface area contributed by atoms with Crippen LogP contribution in [0.3, 0.4) is 0 Å². The standard InChI is InChI=1S/C24H24N2O3S/c1-17-8-11-22(14-18(17)2)30(28,29)25-21-10-12-23-20(15-21)9-13-24(27)26(23)16-19-6-4-3-5-7-19/h3-8,10-12,14-15,25H,9,13,16H2,1-2H3. The van der Waals surface area contributed by atoms with Crippen molar-refractivity contribution >= 4 is 27.3 Å². The predicted molar refractivity (Wildman–Crippen MR) is 119 cm³/mol. The third-order valence-corrected chi connectivity index (χ3v) is 6.88. The van der Waals surface area contributed by atoms with Gasteiger partial charge in [-0.05, 0) is 72.9 Å². The van der Waals surface area contributed by atoms with Crippen molar-refractivity contribution in [1.29, 1.82) is 0 Å². The van der Waals surface area contributed by atoms with Gasteiger partial charge in [-0.1, -0.05) is 36.4 Å². The van der Waals surface area contributed by atoms with E-state index in [1.807, 2.05) is 62.4 Å². The number of benzene rings is 3. The van der Waals surface area contributed by atoms with Crippen LogP contribution in [0.5, 0.6) is 0 Å². The minimum absolute atomic E-state index is 0.0785. The van der Waals surface area contributed by atoms with Crippen LogP contribution in [-0.4, -0.2) is 14.3 Å². The van der Waals surface area contributed by atoms with Gasteiger partial charge in [-0.25, -0.2) is 8.42 Å². The summed E-state index contributed by atoms with van der Waals surface area (Å²) in [5, 5.41) is 0. The first-order chi connectivity index (χ1) is 14.3. The van der Waals surface area contributed by atoms with Gasteiger partial charge in [0, 0.05) is 17.8 Å². The van der Waals surface area contributed by atoms with Gasteiger partial charge in [0.15, 0.2) is 0 Å². The van der Waals surface area contributed by atoms with E-state index in [1.165, 1.54) is 0 Å². The molecule has 1 aliphatic rings. The molecule has 6 heteroatoms. The zero-order chi connectivity index (χ0) is 21.3. The summed E-state index contributed by atoms with van der Waals surface area (Å²) in [6.45, 7) is 4.34. The van der Waals surface area contributed by atoms with E-state index in [0.29, 0.717) is 25.1 Å². The number of amides is 1. The first kappa shape index (κ1) is 20.2. The highest BCUT2D eigenvalue weighted by molar-refractivity contribution is 7.92. The van der Waals surface area contributed by atoms with Crippen LogP contribution in [-0.2, 0) is 27.8 Å². The maximum absolute atomic E-state index is 12.8. The molecule has 0 aromatic heterocycles. The number of aryl methyl sites for hydroxylation is 3. The Bertz CT molecular complexity index is 1200. The molecule has 0 fully saturated rings. The Labute approximate surface area is 177 Å². The van der Waals surface area contributed by atoms with Crippen molar-refractivity contribution in [3.63, 3.8) is 0 Å². The van der Waals surface area contributed by atoms with Gasteiger partial charge in [-0.15, -0.1) is 0 Å². The molecule has 30 heavy (non-hydrogen) atoms. The Morgan fingerprint density at radius 1 is 0.900 bits per heavy atom. The third-order valence-electron chi connectivity index (χ3n) is 5.50. The van der Waals surface area contributed by atoms with Crippen molar-refractivity contribution in [2.75, 3.05) is 9.62 Å². The Kier molecular flexibility index (Phi) is 5.35.